The molecule has 1 unspecified atom stereocenters. The molecular formula is C9H14F2O2. The van der Waals surface area contributed by atoms with Crippen molar-refractivity contribution in [1.82, 2.24) is 0 Å². The van der Waals surface area contributed by atoms with Crippen LogP contribution in [-0.2, 0) is 4.74 Å². The maximum atomic E-state index is 12.8. The van der Waals surface area contributed by atoms with Crippen molar-refractivity contribution in [2.75, 3.05) is 13.2 Å². The number of ether oxygens (including phenoxy) is 1. The van der Waals surface area contributed by atoms with Crippen molar-refractivity contribution in [3.63, 3.8) is 0 Å². The molecule has 1 aliphatic carbocycles. The monoisotopic (exact) mass is 192 g/mol. The van der Waals surface area contributed by atoms with E-state index in [0.29, 0.717) is 19.6 Å². The second-order valence-electron chi connectivity index (χ2n) is 4.51. The van der Waals surface area contributed by atoms with Crippen molar-refractivity contribution in [3.05, 3.63) is 0 Å². The first-order valence-corrected chi connectivity index (χ1v) is 4.58. The number of hydrogen-bond acceptors (Lipinski definition) is 2. The SMILES string of the molecule is CC1(C[C@@H]2COC[C@H]2O)CC1(F)F. The molecule has 0 aromatic rings. The van der Waals surface area contributed by atoms with Gasteiger partial charge >= 0.3 is 0 Å². The maximum absolute atomic E-state index is 12.8. The van der Waals surface area contributed by atoms with E-state index in [1.165, 1.54) is 0 Å². The molecule has 3 atom stereocenters. The molecule has 0 aromatic heterocycles. The summed E-state index contributed by atoms with van der Waals surface area (Å²) >= 11 is 0. The third kappa shape index (κ3) is 1.46. The Bertz CT molecular complexity index is 220. The molecule has 1 saturated heterocycles. The van der Waals surface area contributed by atoms with Gasteiger partial charge in [0.25, 0.3) is 5.92 Å². The number of halogens is 2. The van der Waals surface area contributed by atoms with Crippen molar-refractivity contribution in [2.45, 2.75) is 31.8 Å². The van der Waals surface area contributed by atoms with E-state index >= 15 is 0 Å². The van der Waals surface area contributed by atoms with Crippen molar-refractivity contribution >= 4 is 0 Å². The maximum Gasteiger partial charge on any atom is 0.254 e. The fraction of sp³-hybridized carbons (Fsp3) is 1.00. The van der Waals surface area contributed by atoms with E-state index in [9.17, 15) is 13.9 Å². The van der Waals surface area contributed by atoms with Gasteiger partial charge in [-0.2, -0.15) is 0 Å². The lowest BCUT2D eigenvalue weighted by Crippen LogP contribution is -2.22. The smallest absolute Gasteiger partial charge is 0.254 e. The van der Waals surface area contributed by atoms with E-state index in [2.05, 4.69) is 0 Å². The van der Waals surface area contributed by atoms with Crippen molar-refractivity contribution in [2.24, 2.45) is 11.3 Å². The quantitative estimate of drug-likeness (QED) is 0.717. The fourth-order valence-corrected chi connectivity index (χ4v) is 2.03. The van der Waals surface area contributed by atoms with Crippen LogP contribution in [0.3, 0.4) is 0 Å². The van der Waals surface area contributed by atoms with Crippen molar-refractivity contribution in [3.8, 4) is 0 Å². The second kappa shape index (κ2) is 2.64. The average Bonchev–Trinajstić information content (AvgIpc) is 2.37. The van der Waals surface area contributed by atoms with Crippen LogP contribution < -0.4 is 0 Å². The molecule has 76 valence electrons. The lowest BCUT2D eigenvalue weighted by molar-refractivity contribution is 0.0490. The van der Waals surface area contributed by atoms with Crippen LogP contribution in [0.25, 0.3) is 0 Å². The minimum Gasteiger partial charge on any atom is -0.390 e. The Morgan fingerprint density at radius 3 is 2.46 bits per heavy atom. The van der Waals surface area contributed by atoms with Crippen LogP contribution in [0.2, 0.25) is 0 Å². The molecule has 2 fully saturated rings. The Morgan fingerprint density at radius 2 is 2.08 bits per heavy atom. The van der Waals surface area contributed by atoms with Crippen LogP contribution in [0, 0.1) is 11.3 Å². The Morgan fingerprint density at radius 1 is 1.46 bits per heavy atom. The summed E-state index contributed by atoms with van der Waals surface area (Å²) in [5, 5.41) is 9.38. The Kier molecular flexibility index (Phi) is 1.90. The molecule has 2 aliphatic rings. The molecule has 0 aromatic carbocycles. The number of alkyl halides is 2. The molecule has 0 radical (unpaired) electrons. The summed E-state index contributed by atoms with van der Waals surface area (Å²) in [7, 11) is 0. The predicted octanol–water partition coefficient (Wildman–Crippen LogP) is 1.43. The number of aliphatic hydroxyl groups is 1. The van der Waals surface area contributed by atoms with Crippen molar-refractivity contribution < 1.29 is 18.6 Å². The van der Waals surface area contributed by atoms with Gasteiger partial charge in [0.05, 0.1) is 19.3 Å². The summed E-state index contributed by atoms with van der Waals surface area (Å²) in [5.41, 5.74) is -0.883. The van der Waals surface area contributed by atoms with Gasteiger partial charge in [-0.3, -0.25) is 0 Å². The van der Waals surface area contributed by atoms with Crippen LogP contribution in [0.5, 0.6) is 0 Å². The van der Waals surface area contributed by atoms with Gasteiger partial charge in [0.2, 0.25) is 0 Å². The normalized spacial score (nSPS) is 48.0. The molecule has 4 heteroatoms. The lowest BCUT2D eigenvalue weighted by Gasteiger charge is -2.17. The lowest BCUT2D eigenvalue weighted by atomic mass is 9.91. The molecular weight excluding hydrogens is 178 g/mol. The zero-order chi connectivity index (χ0) is 9.69. The van der Waals surface area contributed by atoms with Gasteiger partial charge in [-0.25, -0.2) is 8.78 Å². The molecule has 1 saturated carbocycles. The summed E-state index contributed by atoms with van der Waals surface area (Å²) in [6.45, 7) is 2.30. The minimum atomic E-state index is -2.52. The third-order valence-corrected chi connectivity index (χ3v) is 3.25. The summed E-state index contributed by atoms with van der Waals surface area (Å²) in [4.78, 5) is 0. The topological polar surface area (TPSA) is 29.5 Å². The molecule has 1 heterocycles. The highest BCUT2D eigenvalue weighted by molar-refractivity contribution is 5.08. The Balaban J connectivity index is 1.92. The van der Waals surface area contributed by atoms with Gasteiger partial charge in [0.1, 0.15) is 0 Å². The van der Waals surface area contributed by atoms with Crippen LogP contribution in [0.1, 0.15) is 19.8 Å². The number of aliphatic hydroxyl groups excluding tert-OH is 1. The molecule has 2 rings (SSSR count). The summed E-state index contributed by atoms with van der Waals surface area (Å²) in [6, 6.07) is 0. The average molecular weight is 192 g/mol. The standard InChI is InChI=1S/C9H14F2O2/c1-8(5-9(8,10)11)2-6-3-13-4-7(6)12/h6-7,12H,2-5H2,1H3/t6-,7-,8?/m1/s1. The van der Waals surface area contributed by atoms with E-state index in [4.69, 9.17) is 4.74 Å². The second-order valence-corrected chi connectivity index (χ2v) is 4.51. The highest BCUT2D eigenvalue weighted by Gasteiger charge is 2.68. The zero-order valence-electron chi connectivity index (χ0n) is 7.59. The Labute approximate surface area is 75.9 Å². The van der Waals surface area contributed by atoms with Crippen LogP contribution >= 0.6 is 0 Å². The van der Waals surface area contributed by atoms with Gasteiger partial charge in [-0.15, -0.1) is 0 Å². The van der Waals surface area contributed by atoms with Gasteiger partial charge in [0, 0.05) is 17.8 Å². The molecule has 0 spiro atoms. The van der Waals surface area contributed by atoms with Gasteiger partial charge in [0.15, 0.2) is 0 Å². The van der Waals surface area contributed by atoms with Gasteiger partial charge in [-0.1, -0.05) is 6.92 Å². The summed E-state index contributed by atoms with van der Waals surface area (Å²) in [6.07, 6.45) is -0.210. The largest absolute Gasteiger partial charge is 0.390 e. The van der Waals surface area contributed by atoms with E-state index in [-0.39, 0.29) is 12.3 Å². The fourth-order valence-electron chi connectivity index (χ4n) is 2.03. The first-order valence-electron chi connectivity index (χ1n) is 4.58. The first kappa shape index (κ1) is 9.34. The molecule has 0 amide bonds. The Hall–Kier alpha value is -0.220. The third-order valence-electron chi connectivity index (χ3n) is 3.25. The van der Waals surface area contributed by atoms with E-state index < -0.39 is 17.4 Å². The number of hydrogen-bond donors (Lipinski definition) is 1. The molecule has 1 N–H and O–H groups in total. The summed E-state index contributed by atoms with van der Waals surface area (Å²) < 4.78 is 30.7. The van der Waals surface area contributed by atoms with Gasteiger partial charge in [-0.05, 0) is 6.42 Å². The van der Waals surface area contributed by atoms with E-state index in [1.54, 1.807) is 6.92 Å². The summed E-state index contributed by atoms with van der Waals surface area (Å²) in [5.74, 6) is -2.62. The highest BCUT2D eigenvalue weighted by Crippen LogP contribution is 2.63. The first-order chi connectivity index (χ1) is 5.95. The van der Waals surface area contributed by atoms with Crippen LogP contribution in [0.4, 0.5) is 8.78 Å². The highest BCUT2D eigenvalue weighted by atomic mass is 19.3. The predicted molar refractivity (Wildman–Crippen MR) is 42.6 cm³/mol. The van der Waals surface area contributed by atoms with Crippen LogP contribution in [-0.4, -0.2) is 30.3 Å². The van der Waals surface area contributed by atoms with E-state index in [1.807, 2.05) is 0 Å². The van der Waals surface area contributed by atoms with E-state index in [0.717, 1.165) is 0 Å². The van der Waals surface area contributed by atoms with Crippen LogP contribution in [0.15, 0.2) is 0 Å². The molecule has 2 nitrogen and oxygen atoms in total. The molecule has 13 heavy (non-hydrogen) atoms. The zero-order valence-corrected chi connectivity index (χ0v) is 7.59. The minimum absolute atomic E-state index is 0.0385. The van der Waals surface area contributed by atoms with Crippen molar-refractivity contribution in [1.29, 1.82) is 0 Å². The van der Waals surface area contributed by atoms with Gasteiger partial charge < -0.3 is 9.84 Å². The molecule has 1 aliphatic heterocycles. The number of rotatable bonds is 2. The molecule has 0 bridgehead atoms.